The predicted molar refractivity (Wildman–Crippen MR) is 37.9 cm³/mol. The molecule has 0 spiro atoms. The standard InChI is InChI=1S/C7H7N3O/c1-11-7-5-9-6(2-3-8)4-10-7/h4-5H,2H2,1H3. The van der Waals surface area contributed by atoms with Gasteiger partial charge in [0.05, 0.1) is 37.7 Å². The van der Waals surface area contributed by atoms with Crippen molar-refractivity contribution in [2.24, 2.45) is 0 Å². The molecule has 4 heteroatoms. The molecule has 11 heavy (non-hydrogen) atoms. The molecular formula is C7H7N3O. The molecule has 0 atom stereocenters. The summed E-state index contributed by atoms with van der Waals surface area (Å²) in [6.07, 6.45) is 3.31. The average Bonchev–Trinajstić information content (AvgIpc) is 2.07. The van der Waals surface area contributed by atoms with Crippen LogP contribution in [0.1, 0.15) is 5.69 Å². The normalized spacial score (nSPS) is 8.73. The number of ether oxygens (including phenoxy) is 1. The molecule has 0 unspecified atom stereocenters. The lowest BCUT2D eigenvalue weighted by Gasteiger charge is -1.96. The summed E-state index contributed by atoms with van der Waals surface area (Å²) in [5, 5.41) is 8.30. The van der Waals surface area contributed by atoms with E-state index in [2.05, 4.69) is 9.97 Å². The maximum atomic E-state index is 8.30. The van der Waals surface area contributed by atoms with Crippen LogP contribution in [0, 0.1) is 11.3 Å². The van der Waals surface area contributed by atoms with Crippen LogP contribution in [0.4, 0.5) is 0 Å². The third-order valence-electron chi connectivity index (χ3n) is 1.15. The molecule has 56 valence electrons. The smallest absolute Gasteiger partial charge is 0.231 e. The Morgan fingerprint density at radius 2 is 2.36 bits per heavy atom. The van der Waals surface area contributed by atoms with Gasteiger partial charge in [-0.05, 0) is 0 Å². The first-order chi connectivity index (χ1) is 5.36. The third kappa shape index (κ3) is 1.90. The zero-order chi connectivity index (χ0) is 8.10. The van der Waals surface area contributed by atoms with E-state index < -0.39 is 0 Å². The van der Waals surface area contributed by atoms with Crippen LogP contribution >= 0.6 is 0 Å². The van der Waals surface area contributed by atoms with Crippen LogP contribution in [0.5, 0.6) is 5.88 Å². The number of nitriles is 1. The van der Waals surface area contributed by atoms with Crippen molar-refractivity contribution in [2.45, 2.75) is 6.42 Å². The van der Waals surface area contributed by atoms with Gasteiger partial charge in [-0.3, -0.25) is 4.98 Å². The van der Waals surface area contributed by atoms with Crippen molar-refractivity contribution < 1.29 is 4.74 Å². The second-order valence-corrected chi connectivity index (χ2v) is 1.88. The number of aromatic nitrogens is 2. The van der Waals surface area contributed by atoms with Crippen LogP contribution in [0.3, 0.4) is 0 Å². The maximum Gasteiger partial charge on any atom is 0.231 e. The van der Waals surface area contributed by atoms with Crippen LogP contribution in [0.25, 0.3) is 0 Å². The number of hydrogen-bond acceptors (Lipinski definition) is 4. The lowest BCUT2D eigenvalue weighted by molar-refractivity contribution is 0.395. The largest absolute Gasteiger partial charge is 0.480 e. The molecule has 1 aromatic rings. The summed E-state index contributed by atoms with van der Waals surface area (Å²) in [4.78, 5) is 7.81. The molecule has 0 fully saturated rings. The Hall–Kier alpha value is -1.63. The lowest BCUT2D eigenvalue weighted by Crippen LogP contribution is -1.92. The summed E-state index contributed by atoms with van der Waals surface area (Å²) in [5.41, 5.74) is 0.660. The van der Waals surface area contributed by atoms with E-state index >= 15 is 0 Å². The first-order valence-electron chi connectivity index (χ1n) is 3.08. The Kier molecular flexibility index (Phi) is 2.39. The Morgan fingerprint density at radius 1 is 1.55 bits per heavy atom. The van der Waals surface area contributed by atoms with E-state index in [0.717, 1.165) is 0 Å². The monoisotopic (exact) mass is 149 g/mol. The van der Waals surface area contributed by atoms with Crippen molar-refractivity contribution in [2.75, 3.05) is 7.11 Å². The van der Waals surface area contributed by atoms with Crippen molar-refractivity contribution in [3.05, 3.63) is 18.1 Å². The molecule has 0 saturated carbocycles. The first kappa shape index (κ1) is 7.48. The molecule has 0 aliphatic rings. The topological polar surface area (TPSA) is 58.8 Å². The number of nitrogens with zero attached hydrogens (tertiary/aromatic N) is 3. The fraction of sp³-hybridized carbons (Fsp3) is 0.286. The summed E-state index contributed by atoms with van der Waals surface area (Å²) < 4.78 is 4.79. The highest BCUT2D eigenvalue weighted by molar-refractivity contribution is 5.09. The van der Waals surface area contributed by atoms with Gasteiger partial charge >= 0.3 is 0 Å². The molecule has 0 N–H and O–H groups in total. The van der Waals surface area contributed by atoms with Gasteiger partial charge in [-0.2, -0.15) is 5.26 Å². The molecule has 0 aliphatic heterocycles. The molecule has 1 rings (SSSR count). The molecule has 0 bridgehead atoms. The van der Waals surface area contributed by atoms with Crippen molar-refractivity contribution in [1.82, 2.24) is 9.97 Å². The first-order valence-corrected chi connectivity index (χ1v) is 3.08. The van der Waals surface area contributed by atoms with Crippen molar-refractivity contribution in [1.29, 1.82) is 5.26 Å². The van der Waals surface area contributed by atoms with Gasteiger partial charge in [0.2, 0.25) is 5.88 Å². The summed E-state index contributed by atoms with van der Waals surface area (Å²) in [5.74, 6) is 0.465. The van der Waals surface area contributed by atoms with Gasteiger partial charge in [-0.25, -0.2) is 4.98 Å². The number of rotatable bonds is 2. The summed E-state index contributed by atoms with van der Waals surface area (Å²) >= 11 is 0. The summed E-state index contributed by atoms with van der Waals surface area (Å²) in [6.45, 7) is 0. The fourth-order valence-electron chi connectivity index (χ4n) is 0.621. The van der Waals surface area contributed by atoms with E-state index in [9.17, 15) is 0 Å². The maximum absolute atomic E-state index is 8.30. The minimum atomic E-state index is 0.289. The zero-order valence-corrected chi connectivity index (χ0v) is 6.11. The third-order valence-corrected chi connectivity index (χ3v) is 1.15. The van der Waals surface area contributed by atoms with Crippen LogP contribution in [-0.2, 0) is 6.42 Å². The van der Waals surface area contributed by atoms with E-state index in [4.69, 9.17) is 10.00 Å². The summed E-state index contributed by atoms with van der Waals surface area (Å²) in [7, 11) is 1.52. The van der Waals surface area contributed by atoms with E-state index in [-0.39, 0.29) is 6.42 Å². The molecule has 0 aliphatic carbocycles. The molecule has 4 nitrogen and oxygen atoms in total. The van der Waals surface area contributed by atoms with Gasteiger partial charge in [-0.1, -0.05) is 0 Å². The molecule has 1 aromatic heterocycles. The van der Waals surface area contributed by atoms with Crippen molar-refractivity contribution in [3.8, 4) is 11.9 Å². The van der Waals surface area contributed by atoms with E-state index in [1.807, 2.05) is 6.07 Å². The highest BCUT2D eigenvalue weighted by atomic mass is 16.5. The number of methoxy groups -OCH3 is 1. The highest BCUT2D eigenvalue weighted by Gasteiger charge is 1.94. The predicted octanol–water partition coefficient (Wildman–Crippen LogP) is 0.551. The minimum Gasteiger partial charge on any atom is -0.480 e. The van der Waals surface area contributed by atoms with Gasteiger partial charge in [-0.15, -0.1) is 0 Å². The fourth-order valence-corrected chi connectivity index (χ4v) is 0.621. The van der Waals surface area contributed by atoms with E-state index in [1.165, 1.54) is 19.5 Å². The molecule has 1 heterocycles. The number of hydrogen-bond donors (Lipinski definition) is 0. The second-order valence-electron chi connectivity index (χ2n) is 1.88. The van der Waals surface area contributed by atoms with Crippen molar-refractivity contribution >= 4 is 0 Å². The highest BCUT2D eigenvalue weighted by Crippen LogP contribution is 2.02. The van der Waals surface area contributed by atoms with Gasteiger partial charge in [0.25, 0.3) is 0 Å². The Labute approximate surface area is 64.5 Å². The molecule has 0 aromatic carbocycles. The Bertz CT molecular complexity index is 262. The Morgan fingerprint density at radius 3 is 2.82 bits per heavy atom. The molecule has 0 amide bonds. The van der Waals surface area contributed by atoms with Crippen LogP contribution in [-0.4, -0.2) is 17.1 Å². The van der Waals surface area contributed by atoms with Crippen LogP contribution < -0.4 is 4.74 Å². The van der Waals surface area contributed by atoms with Crippen molar-refractivity contribution in [3.63, 3.8) is 0 Å². The van der Waals surface area contributed by atoms with Crippen LogP contribution in [0.2, 0.25) is 0 Å². The SMILES string of the molecule is COc1cnc(CC#N)cn1. The lowest BCUT2D eigenvalue weighted by atomic mass is 10.3. The van der Waals surface area contributed by atoms with Gasteiger partial charge in [0, 0.05) is 0 Å². The average molecular weight is 149 g/mol. The minimum absolute atomic E-state index is 0.289. The second kappa shape index (κ2) is 3.52. The molecular weight excluding hydrogens is 142 g/mol. The van der Waals surface area contributed by atoms with E-state index in [1.54, 1.807) is 0 Å². The Balaban J connectivity index is 2.76. The zero-order valence-electron chi connectivity index (χ0n) is 6.11. The summed E-state index contributed by atoms with van der Waals surface area (Å²) in [6, 6.07) is 1.98. The van der Waals surface area contributed by atoms with E-state index in [0.29, 0.717) is 11.6 Å². The van der Waals surface area contributed by atoms with Gasteiger partial charge < -0.3 is 4.74 Å². The van der Waals surface area contributed by atoms with Crippen LogP contribution in [0.15, 0.2) is 12.4 Å². The van der Waals surface area contributed by atoms with Gasteiger partial charge in [0.1, 0.15) is 0 Å². The molecule has 0 saturated heterocycles. The quantitative estimate of drug-likeness (QED) is 0.616. The van der Waals surface area contributed by atoms with Gasteiger partial charge in [0.15, 0.2) is 0 Å². The molecule has 0 radical (unpaired) electrons.